The first-order valence-corrected chi connectivity index (χ1v) is 11.0. The number of fused-ring (bicyclic) bond motifs is 1. The Kier molecular flexibility index (Phi) is 5.74. The highest BCUT2D eigenvalue weighted by Gasteiger charge is 2.53. The van der Waals surface area contributed by atoms with Crippen LogP contribution in [0.25, 0.3) is 0 Å². The van der Waals surface area contributed by atoms with Crippen molar-refractivity contribution in [1.82, 2.24) is 15.1 Å². The maximum Gasteiger partial charge on any atom is 0.225 e. The van der Waals surface area contributed by atoms with E-state index in [1.165, 1.54) is 19.3 Å². The third-order valence-corrected chi connectivity index (χ3v) is 7.05. The van der Waals surface area contributed by atoms with Gasteiger partial charge in [-0.15, -0.1) is 0 Å². The molecule has 1 N–H and O–H groups in total. The Morgan fingerprint density at radius 2 is 1.85 bits per heavy atom. The average molecular weight is 378 g/mol. The van der Waals surface area contributed by atoms with E-state index in [0.29, 0.717) is 36.8 Å². The summed E-state index contributed by atoms with van der Waals surface area (Å²) in [5.41, 5.74) is 0. The van der Waals surface area contributed by atoms with Crippen LogP contribution >= 0.6 is 0 Å². The van der Waals surface area contributed by atoms with Gasteiger partial charge < -0.3 is 15.0 Å². The molecule has 27 heavy (non-hydrogen) atoms. The smallest absolute Gasteiger partial charge is 0.225 e. The van der Waals surface area contributed by atoms with Gasteiger partial charge in [-0.05, 0) is 45.4 Å². The van der Waals surface area contributed by atoms with Gasteiger partial charge in [0, 0.05) is 50.1 Å². The summed E-state index contributed by atoms with van der Waals surface area (Å²) in [5.74, 6) is 0.995. The van der Waals surface area contributed by atoms with Gasteiger partial charge in [0.25, 0.3) is 0 Å². The second kappa shape index (κ2) is 8.08. The number of nitrogens with one attached hydrogen (secondary N) is 1. The molecule has 0 spiro atoms. The Morgan fingerprint density at radius 1 is 1.11 bits per heavy atom. The molecule has 1 aliphatic carbocycles. The summed E-state index contributed by atoms with van der Waals surface area (Å²) in [6.45, 7) is 7.52. The van der Waals surface area contributed by atoms with Crippen LogP contribution in [0.2, 0.25) is 0 Å². The molecule has 0 unspecified atom stereocenters. The van der Waals surface area contributed by atoms with Crippen molar-refractivity contribution >= 4 is 11.8 Å². The summed E-state index contributed by atoms with van der Waals surface area (Å²) < 4.78 is 6.17. The number of carbonyl (C=O) groups excluding carboxylic acids is 2. The number of carbonyl (C=O) groups is 2. The summed E-state index contributed by atoms with van der Waals surface area (Å²) in [6, 6.07) is 1.22. The molecule has 3 aliphatic heterocycles. The topological polar surface area (TPSA) is 61.9 Å². The standard InChI is InChI=1S/C21H35N3O3/c1-14(2)22-19(25)10-15-12-24(16-6-5-7-16)17-13-27-18(21(15)17)11-20(26)23-8-3-4-9-23/h14-18,21H,3-13H2,1-2H3,(H,22,25)/t15-,17-,18+,21-/m1/s1. The highest BCUT2D eigenvalue weighted by molar-refractivity contribution is 5.77. The van der Waals surface area contributed by atoms with Crippen molar-refractivity contribution in [2.24, 2.45) is 11.8 Å². The van der Waals surface area contributed by atoms with Crippen LogP contribution in [0.15, 0.2) is 0 Å². The molecule has 4 atom stereocenters. The second-order valence-corrected chi connectivity index (χ2v) is 9.28. The number of amides is 2. The fourth-order valence-corrected chi connectivity index (χ4v) is 5.58. The minimum absolute atomic E-state index is 0.0231. The number of hydrogen-bond acceptors (Lipinski definition) is 4. The highest BCUT2D eigenvalue weighted by Crippen LogP contribution is 2.45. The van der Waals surface area contributed by atoms with Gasteiger partial charge in [-0.1, -0.05) is 6.42 Å². The molecule has 0 aromatic carbocycles. The molecular formula is C21H35N3O3. The monoisotopic (exact) mass is 377 g/mol. The molecule has 2 amide bonds. The van der Waals surface area contributed by atoms with Crippen LogP contribution in [-0.2, 0) is 14.3 Å². The van der Waals surface area contributed by atoms with Crippen molar-refractivity contribution in [3.63, 3.8) is 0 Å². The third kappa shape index (κ3) is 4.02. The van der Waals surface area contributed by atoms with E-state index < -0.39 is 0 Å². The van der Waals surface area contributed by atoms with E-state index in [1.807, 2.05) is 18.7 Å². The lowest BCUT2D eigenvalue weighted by atomic mass is 9.83. The minimum atomic E-state index is -0.0231. The van der Waals surface area contributed by atoms with Crippen molar-refractivity contribution in [2.75, 3.05) is 26.2 Å². The Labute approximate surface area is 163 Å². The Hall–Kier alpha value is -1.14. The van der Waals surface area contributed by atoms with Gasteiger partial charge in [0.2, 0.25) is 11.8 Å². The first kappa shape index (κ1) is 19.2. The number of ether oxygens (including phenoxy) is 1. The summed E-state index contributed by atoms with van der Waals surface area (Å²) in [7, 11) is 0. The molecule has 6 nitrogen and oxygen atoms in total. The molecule has 3 heterocycles. The van der Waals surface area contributed by atoms with E-state index in [0.717, 1.165) is 39.1 Å². The molecule has 4 rings (SSSR count). The van der Waals surface area contributed by atoms with E-state index in [4.69, 9.17) is 4.74 Å². The number of likely N-dealkylation sites (tertiary alicyclic amines) is 2. The van der Waals surface area contributed by atoms with Crippen LogP contribution < -0.4 is 5.32 Å². The number of nitrogens with zero attached hydrogens (tertiary/aromatic N) is 2. The summed E-state index contributed by atoms with van der Waals surface area (Å²) >= 11 is 0. The first-order valence-electron chi connectivity index (χ1n) is 11.0. The SMILES string of the molecule is CC(C)NC(=O)C[C@@H]1CN(C2CCC2)[C@@H]2CO[C@@H](CC(=O)N3CCCC3)[C@H]12. The van der Waals surface area contributed by atoms with Crippen LogP contribution in [0.1, 0.15) is 58.8 Å². The molecule has 0 radical (unpaired) electrons. The zero-order chi connectivity index (χ0) is 19.0. The van der Waals surface area contributed by atoms with E-state index in [9.17, 15) is 9.59 Å². The molecule has 0 aromatic heterocycles. The van der Waals surface area contributed by atoms with Gasteiger partial charge in [-0.2, -0.15) is 0 Å². The zero-order valence-electron chi connectivity index (χ0n) is 16.9. The second-order valence-electron chi connectivity index (χ2n) is 9.28. The molecule has 3 saturated heterocycles. The molecule has 0 aromatic rings. The van der Waals surface area contributed by atoms with Crippen molar-refractivity contribution in [2.45, 2.75) is 83.0 Å². The maximum atomic E-state index is 12.7. The molecule has 152 valence electrons. The molecule has 4 fully saturated rings. The number of hydrogen-bond donors (Lipinski definition) is 1. The van der Waals surface area contributed by atoms with Crippen molar-refractivity contribution in [3.05, 3.63) is 0 Å². The van der Waals surface area contributed by atoms with Gasteiger partial charge in [0.15, 0.2) is 0 Å². The first-order chi connectivity index (χ1) is 13.0. The van der Waals surface area contributed by atoms with Gasteiger partial charge in [0.05, 0.1) is 19.1 Å². The fourth-order valence-electron chi connectivity index (χ4n) is 5.58. The lowest BCUT2D eigenvalue weighted by molar-refractivity contribution is -0.133. The van der Waals surface area contributed by atoms with Crippen LogP contribution in [0.5, 0.6) is 0 Å². The maximum absolute atomic E-state index is 12.7. The molecule has 0 bridgehead atoms. The Bertz CT molecular complexity index is 557. The van der Waals surface area contributed by atoms with E-state index in [-0.39, 0.29) is 24.0 Å². The number of rotatable bonds is 6. The molecule has 6 heteroatoms. The van der Waals surface area contributed by atoms with E-state index in [2.05, 4.69) is 10.2 Å². The molecule has 1 saturated carbocycles. The fraction of sp³-hybridized carbons (Fsp3) is 0.905. The van der Waals surface area contributed by atoms with Crippen LogP contribution in [0.3, 0.4) is 0 Å². The van der Waals surface area contributed by atoms with Gasteiger partial charge in [0.1, 0.15) is 0 Å². The van der Waals surface area contributed by atoms with Crippen LogP contribution in [-0.4, -0.2) is 72.1 Å². The zero-order valence-corrected chi connectivity index (χ0v) is 16.9. The van der Waals surface area contributed by atoms with E-state index >= 15 is 0 Å². The predicted octanol–water partition coefficient (Wildman–Crippen LogP) is 1.78. The predicted molar refractivity (Wildman–Crippen MR) is 103 cm³/mol. The summed E-state index contributed by atoms with van der Waals surface area (Å²) in [4.78, 5) is 29.8. The normalized spacial score (nSPS) is 34.1. The van der Waals surface area contributed by atoms with Crippen molar-refractivity contribution in [3.8, 4) is 0 Å². The van der Waals surface area contributed by atoms with Crippen LogP contribution in [0, 0.1) is 11.8 Å². The highest BCUT2D eigenvalue weighted by atomic mass is 16.5. The molecule has 4 aliphatic rings. The average Bonchev–Trinajstić information content (AvgIpc) is 3.25. The Morgan fingerprint density at radius 3 is 2.48 bits per heavy atom. The van der Waals surface area contributed by atoms with Crippen molar-refractivity contribution < 1.29 is 14.3 Å². The summed E-state index contributed by atoms with van der Waals surface area (Å²) in [6.07, 6.45) is 7.12. The van der Waals surface area contributed by atoms with Gasteiger partial charge in [-0.25, -0.2) is 0 Å². The Balaban J connectivity index is 1.44. The van der Waals surface area contributed by atoms with Gasteiger partial charge >= 0.3 is 0 Å². The summed E-state index contributed by atoms with van der Waals surface area (Å²) in [5, 5.41) is 3.05. The van der Waals surface area contributed by atoms with Gasteiger partial charge in [-0.3, -0.25) is 14.5 Å². The lowest BCUT2D eigenvalue weighted by Gasteiger charge is -2.38. The largest absolute Gasteiger partial charge is 0.376 e. The third-order valence-electron chi connectivity index (χ3n) is 7.05. The van der Waals surface area contributed by atoms with E-state index in [1.54, 1.807) is 0 Å². The van der Waals surface area contributed by atoms with Crippen molar-refractivity contribution in [1.29, 1.82) is 0 Å². The molecular weight excluding hydrogens is 342 g/mol. The van der Waals surface area contributed by atoms with Crippen LogP contribution in [0.4, 0.5) is 0 Å². The lowest BCUT2D eigenvalue weighted by Crippen LogP contribution is -2.45. The minimum Gasteiger partial charge on any atom is -0.376 e. The quantitative estimate of drug-likeness (QED) is 0.767.